The van der Waals surface area contributed by atoms with Crippen LogP contribution in [0.4, 0.5) is 0 Å². The van der Waals surface area contributed by atoms with Crippen molar-refractivity contribution in [2.45, 2.75) is 13.3 Å². The molecule has 0 saturated heterocycles. The molecule has 0 saturated carbocycles. The Labute approximate surface area is 100 Å². The number of methoxy groups -OCH3 is 1. The SMILES string of the molecule is CCCOc1cc(-c2ccc(OC)cc2)no1. The first-order valence-electron chi connectivity index (χ1n) is 5.57. The zero-order valence-corrected chi connectivity index (χ0v) is 9.97. The van der Waals surface area contributed by atoms with Crippen LogP contribution in [0.15, 0.2) is 34.9 Å². The molecule has 0 bridgehead atoms. The summed E-state index contributed by atoms with van der Waals surface area (Å²) in [6, 6.07) is 9.42. The van der Waals surface area contributed by atoms with E-state index in [2.05, 4.69) is 5.16 Å². The van der Waals surface area contributed by atoms with E-state index < -0.39 is 0 Å². The van der Waals surface area contributed by atoms with E-state index in [4.69, 9.17) is 14.0 Å². The van der Waals surface area contributed by atoms with Crippen molar-refractivity contribution in [1.82, 2.24) is 5.16 Å². The van der Waals surface area contributed by atoms with Crippen LogP contribution in [0.1, 0.15) is 13.3 Å². The Morgan fingerprint density at radius 1 is 1.24 bits per heavy atom. The maximum atomic E-state index is 5.35. The normalized spacial score (nSPS) is 10.2. The zero-order valence-electron chi connectivity index (χ0n) is 9.97. The minimum atomic E-state index is 0.456. The molecular weight excluding hydrogens is 218 g/mol. The largest absolute Gasteiger partial charge is 0.497 e. The van der Waals surface area contributed by atoms with Gasteiger partial charge in [0.15, 0.2) is 0 Å². The van der Waals surface area contributed by atoms with Crippen molar-refractivity contribution in [2.24, 2.45) is 0 Å². The first-order valence-corrected chi connectivity index (χ1v) is 5.57. The number of rotatable bonds is 5. The highest BCUT2D eigenvalue weighted by Crippen LogP contribution is 2.24. The Morgan fingerprint density at radius 3 is 2.65 bits per heavy atom. The van der Waals surface area contributed by atoms with E-state index in [1.807, 2.05) is 31.2 Å². The molecule has 0 amide bonds. The molecule has 17 heavy (non-hydrogen) atoms. The van der Waals surface area contributed by atoms with Crippen molar-refractivity contribution < 1.29 is 14.0 Å². The molecule has 0 aliphatic rings. The third kappa shape index (κ3) is 2.78. The number of aromatic nitrogens is 1. The molecule has 0 unspecified atom stereocenters. The number of hydrogen-bond acceptors (Lipinski definition) is 4. The first kappa shape index (κ1) is 11.5. The molecule has 2 aromatic rings. The number of nitrogens with zero attached hydrogens (tertiary/aromatic N) is 1. The molecular formula is C13H15NO3. The van der Waals surface area contributed by atoms with Crippen LogP contribution in [0.25, 0.3) is 11.3 Å². The average molecular weight is 233 g/mol. The van der Waals surface area contributed by atoms with E-state index in [1.54, 1.807) is 13.2 Å². The van der Waals surface area contributed by atoms with Crippen LogP contribution in [-0.4, -0.2) is 18.9 Å². The molecule has 90 valence electrons. The molecule has 1 heterocycles. The van der Waals surface area contributed by atoms with Gasteiger partial charge in [0.05, 0.1) is 19.8 Å². The third-order valence-electron chi connectivity index (χ3n) is 2.32. The summed E-state index contributed by atoms with van der Waals surface area (Å²) in [4.78, 5) is 0. The predicted octanol–water partition coefficient (Wildman–Crippen LogP) is 3.14. The summed E-state index contributed by atoms with van der Waals surface area (Å²) >= 11 is 0. The van der Waals surface area contributed by atoms with Crippen LogP contribution >= 0.6 is 0 Å². The summed E-state index contributed by atoms with van der Waals surface area (Å²) in [5, 5.41) is 3.95. The lowest BCUT2D eigenvalue weighted by Crippen LogP contribution is -1.92. The van der Waals surface area contributed by atoms with Gasteiger partial charge >= 0.3 is 5.95 Å². The Kier molecular flexibility index (Phi) is 3.65. The second kappa shape index (κ2) is 5.39. The minimum absolute atomic E-state index is 0.456. The molecule has 0 atom stereocenters. The molecule has 2 rings (SSSR count). The average Bonchev–Trinajstić information content (AvgIpc) is 2.85. The summed E-state index contributed by atoms with van der Waals surface area (Å²) in [6.07, 6.45) is 0.943. The molecule has 4 nitrogen and oxygen atoms in total. The smallest absolute Gasteiger partial charge is 0.311 e. The van der Waals surface area contributed by atoms with Gasteiger partial charge in [-0.1, -0.05) is 12.1 Å². The number of benzene rings is 1. The Balaban J connectivity index is 2.12. The fourth-order valence-corrected chi connectivity index (χ4v) is 1.43. The van der Waals surface area contributed by atoms with Gasteiger partial charge in [-0.3, -0.25) is 0 Å². The highest BCUT2D eigenvalue weighted by molar-refractivity contribution is 5.60. The second-order valence-corrected chi connectivity index (χ2v) is 3.61. The van der Waals surface area contributed by atoms with Gasteiger partial charge in [-0.25, -0.2) is 0 Å². The molecule has 1 aromatic heterocycles. The summed E-state index contributed by atoms with van der Waals surface area (Å²) in [5.74, 6) is 1.28. The van der Waals surface area contributed by atoms with Gasteiger partial charge < -0.3 is 14.0 Å². The molecule has 0 aliphatic carbocycles. The lowest BCUT2D eigenvalue weighted by atomic mass is 10.1. The van der Waals surface area contributed by atoms with Crippen molar-refractivity contribution in [2.75, 3.05) is 13.7 Å². The highest BCUT2D eigenvalue weighted by atomic mass is 16.6. The fraction of sp³-hybridized carbons (Fsp3) is 0.308. The van der Waals surface area contributed by atoms with Crippen LogP contribution in [0.2, 0.25) is 0 Å². The summed E-state index contributed by atoms with van der Waals surface area (Å²) in [6.45, 7) is 2.68. The van der Waals surface area contributed by atoms with Crippen LogP contribution in [0.5, 0.6) is 11.7 Å². The van der Waals surface area contributed by atoms with Gasteiger partial charge in [0.25, 0.3) is 0 Å². The molecule has 4 heteroatoms. The number of ether oxygens (including phenoxy) is 2. The van der Waals surface area contributed by atoms with E-state index in [0.717, 1.165) is 23.4 Å². The molecule has 0 fully saturated rings. The Bertz CT molecular complexity index is 462. The van der Waals surface area contributed by atoms with Crippen LogP contribution in [0.3, 0.4) is 0 Å². The van der Waals surface area contributed by atoms with E-state index in [9.17, 15) is 0 Å². The standard InChI is InChI=1S/C13H15NO3/c1-3-8-16-13-9-12(14-17-13)10-4-6-11(15-2)7-5-10/h4-7,9H,3,8H2,1-2H3. The van der Waals surface area contributed by atoms with Crippen LogP contribution < -0.4 is 9.47 Å². The fourth-order valence-electron chi connectivity index (χ4n) is 1.43. The zero-order chi connectivity index (χ0) is 12.1. The summed E-state index contributed by atoms with van der Waals surface area (Å²) in [5.41, 5.74) is 1.74. The van der Waals surface area contributed by atoms with Crippen molar-refractivity contribution >= 4 is 0 Å². The van der Waals surface area contributed by atoms with Gasteiger partial charge in [-0.05, 0) is 30.7 Å². The molecule has 1 aromatic carbocycles. The van der Waals surface area contributed by atoms with Crippen molar-refractivity contribution in [3.63, 3.8) is 0 Å². The van der Waals surface area contributed by atoms with Crippen molar-refractivity contribution in [3.05, 3.63) is 30.3 Å². The van der Waals surface area contributed by atoms with Crippen LogP contribution in [0, 0.1) is 0 Å². The number of hydrogen-bond donors (Lipinski definition) is 0. The minimum Gasteiger partial charge on any atom is -0.497 e. The second-order valence-electron chi connectivity index (χ2n) is 3.61. The van der Waals surface area contributed by atoms with Gasteiger partial charge in [0.1, 0.15) is 11.4 Å². The monoisotopic (exact) mass is 233 g/mol. The summed E-state index contributed by atoms with van der Waals surface area (Å²) < 4.78 is 15.5. The lowest BCUT2D eigenvalue weighted by Gasteiger charge is -1.99. The molecule has 0 spiro atoms. The maximum absolute atomic E-state index is 5.35. The molecule has 0 N–H and O–H groups in total. The van der Waals surface area contributed by atoms with E-state index in [-0.39, 0.29) is 0 Å². The topological polar surface area (TPSA) is 44.5 Å². The maximum Gasteiger partial charge on any atom is 0.311 e. The first-order chi connectivity index (χ1) is 8.33. The van der Waals surface area contributed by atoms with E-state index in [0.29, 0.717) is 12.6 Å². The highest BCUT2D eigenvalue weighted by Gasteiger charge is 2.07. The van der Waals surface area contributed by atoms with E-state index >= 15 is 0 Å². The van der Waals surface area contributed by atoms with Gasteiger partial charge in [0.2, 0.25) is 0 Å². The predicted molar refractivity (Wildman–Crippen MR) is 64.3 cm³/mol. The third-order valence-corrected chi connectivity index (χ3v) is 2.32. The Morgan fingerprint density at radius 2 is 2.00 bits per heavy atom. The van der Waals surface area contributed by atoms with Gasteiger partial charge in [-0.15, -0.1) is 0 Å². The summed E-state index contributed by atoms with van der Waals surface area (Å²) in [7, 11) is 1.64. The molecule has 0 radical (unpaired) electrons. The Hall–Kier alpha value is -1.97. The van der Waals surface area contributed by atoms with Gasteiger partial charge in [-0.2, -0.15) is 0 Å². The van der Waals surface area contributed by atoms with Gasteiger partial charge in [0, 0.05) is 5.56 Å². The van der Waals surface area contributed by atoms with Crippen LogP contribution in [-0.2, 0) is 0 Å². The molecule has 0 aliphatic heterocycles. The quantitative estimate of drug-likeness (QED) is 0.795. The lowest BCUT2D eigenvalue weighted by molar-refractivity contribution is 0.215. The van der Waals surface area contributed by atoms with Crippen molar-refractivity contribution in [3.8, 4) is 23.0 Å². The van der Waals surface area contributed by atoms with Crippen molar-refractivity contribution in [1.29, 1.82) is 0 Å². The van der Waals surface area contributed by atoms with E-state index in [1.165, 1.54) is 0 Å².